The Morgan fingerprint density at radius 1 is 1.57 bits per heavy atom. The summed E-state index contributed by atoms with van der Waals surface area (Å²) in [5.74, 6) is 1.51. The fourth-order valence-corrected chi connectivity index (χ4v) is 1.67. The van der Waals surface area contributed by atoms with Crippen LogP contribution >= 0.6 is 0 Å². The molecule has 1 atom stereocenters. The van der Waals surface area contributed by atoms with Crippen LogP contribution in [0.5, 0.6) is 11.5 Å². The molecule has 1 aliphatic heterocycles. The molecule has 0 bridgehead atoms. The van der Waals surface area contributed by atoms with Crippen molar-refractivity contribution in [1.29, 1.82) is 0 Å². The molecule has 2 rings (SSSR count). The molecular formula is C11H12O3. The smallest absolute Gasteiger partial charge is 0.164 e. The number of fused-ring (bicyclic) bond motifs is 1. The first kappa shape index (κ1) is 9.06. The van der Waals surface area contributed by atoms with Crippen molar-refractivity contribution in [3.8, 4) is 11.5 Å². The number of aldehydes is 1. The first-order valence-corrected chi connectivity index (χ1v) is 4.59. The van der Waals surface area contributed by atoms with Gasteiger partial charge in [0.2, 0.25) is 0 Å². The van der Waals surface area contributed by atoms with Gasteiger partial charge in [0, 0.05) is 0 Å². The number of hydrogen-bond donors (Lipinski definition) is 0. The van der Waals surface area contributed by atoms with Gasteiger partial charge in [-0.1, -0.05) is 12.1 Å². The lowest BCUT2D eigenvalue weighted by Crippen LogP contribution is -2.22. The third kappa shape index (κ3) is 1.45. The van der Waals surface area contributed by atoms with Gasteiger partial charge in [0.1, 0.15) is 6.29 Å². The normalized spacial score (nSPS) is 19.4. The SMILES string of the molecule is COc1cccc2c1OC[C@@H](C=O)C2. The van der Waals surface area contributed by atoms with E-state index in [1.54, 1.807) is 7.11 Å². The second kappa shape index (κ2) is 3.70. The number of ether oxygens (including phenoxy) is 2. The van der Waals surface area contributed by atoms with Crippen LogP contribution in [0.15, 0.2) is 18.2 Å². The zero-order valence-corrected chi connectivity index (χ0v) is 8.03. The number of carbonyl (C=O) groups excluding carboxylic acids is 1. The average Bonchev–Trinajstić information content (AvgIpc) is 2.27. The highest BCUT2D eigenvalue weighted by Gasteiger charge is 2.21. The summed E-state index contributed by atoms with van der Waals surface area (Å²) in [6, 6.07) is 5.74. The lowest BCUT2D eigenvalue weighted by molar-refractivity contribution is -0.112. The standard InChI is InChI=1S/C11H12O3/c1-13-10-4-2-3-9-5-8(6-12)7-14-11(9)10/h2-4,6,8H,5,7H2,1H3/t8-/m1/s1. The molecule has 14 heavy (non-hydrogen) atoms. The molecule has 3 nitrogen and oxygen atoms in total. The minimum absolute atomic E-state index is 0.0189. The van der Waals surface area contributed by atoms with Crippen LogP contribution in [0, 0.1) is 5.92 Å². The molecule has 1 aromatic carbocycles. The van der Waals surface area contributed by atoms with Crippen molar-refractivity contribution in [1.82, 2.24) is 0 Å². The fourth-order valence-electron chi connectivity index (χ4n) is 1.67. The maximum Gasteiger partial charge on any atom is 0.164 e. The van der Waals surface area contributed by atoms with Crippen LogP contribution in [0.3, 0.4) is 0 Å². The largest absolute Gasteiger partial charge is 0.493 e. The summed E-state index contributed by atoms with van der Waals surface area (Å²) in [5, 5.41) is 0. The lowest BCUT2D eigenvalue weighted by atomic mass is 9.98. The van der Waals surface area contributed by atoms with Crippen molar-refractivity contribution < 1.29 is 14.3 Å². The van der Waals surface area contributed by atoms with E-state index in [4.69, 9.17) is 9.47 Å². The Kier molecular flexibility index (Phi) is 2.39. The Labute approximate surface area is 82.6 Å². The van der Waals surface area contributed by atoms with Gasteiger partial charge in [-0.2, -0.15) is 0 Å². The molecule has 0 fully saturated rings. The highest BCUT2D eigenvalue weighted by Crippen LogP contribution is 2.35. The molecular weight excluding hydrogens is 180 g/mol. The molecule has 0 N–H and O–H groups in total. The van der Waals surface area contributed by atoms with Gasteiger partial charge in [-0.05, 0) is 18.1 Å². The third-order valence-electron chi connectivity index (χ3n) is 2.40. The number of para-hydroxylation sites is 1. The highest BCUT2D eigenvalue weighted by molar-refractivity contribution is 5.58. The summed E-state index contributed by atoms with van der Waals surface area (Å²) in [5.41, 5.74) is 1.05. The van der Waals surface area contributed by atoms with E-state index in [1.807, 2.05) is 18.2 Å². The second-order valence-electron chi connectivity index (χ2n) is 3.36. The van der Waals surface area contributed by atoms with Crippen LogP contribution in [-0.2, 0) is 11.2 Å². The van der Waals surface area contributed by atoms with Gasteiger partial charge in [-0.25, -0.2) is 0 Å². The summed E-state index contributed by atoms with van der Waals surface area (Å²) in [6.07, 6.45) is 1.69. The van der Waals surface area contributed by atoms with Crippen LogP contribution in [0.25, 0.3) is 0 Å². The maximum atomic E-state index is 10.6. The molecule has 0 aromatic heterocycles. The van der Waals surface area contributed by atoms with E-state index in [9.17, 15) is 4.79 Å². The predicted octanol–water partition coefficient (Wildman–Crippen LogP) is 1.45. The molecule has 1 aliphatic rings. The van der Waals surface area contributed by atoms with Crippen LogP contribution in [-0.4, -0.2) is 20.0 Å². The van der Waals surface area contributed by atoms with E-state index in [2.05, 4.69) is 0 Å². The lowest BCUT2D eigenvalue weighted by Gasteiger charge is -2.23. The molecule has 0 amide bonds. The zero-order valence-electron chi connectivity index (χ0n) is 8.03. The number of methoxy groups -OCH3 is 1. The van der Waals surface area contributed by atoms with Crippen molar-refractivity contribution >= 4 is 6.29 Å². The van der Waals surface area contributed by atoms with E-state index in [0.29, 0.717) is 6.61 Å². The molecule has 0 saturated carbocycles. The first-order chi connectivity index (χ1) is 6.85. The Balaban J connectivity index is 2.35. The minimum atomic E-state index is -0.0189. The van der Waals surface area contributed by atoms with E-state index in [1.165, 1.54) is 0 Å². The fraction of sp³-hybridized carbons (Fsp3) is 0.364. The van der Waals surface area contributed by atoms with E-state index < -0.39 is 0 Å². The van der Waals surface area contributed by atoms with Gasteiger partial charge in [-0.3, -0.25) is 0 Å². The Hall–Kier alpha value is -1.51. The monoisotopic (exact) mass is 192 g/mol. The van der Waals surface area contributed by atoms with Gasteiger partial charge in [0.15, 0.2) is 11.5 Å². The molecule has 74 valence electrons. The summed E-state index contributed by atoms with van der Waals surface area (Å²) < 4.78 is 10.7. The maximum absolute atomic E-state index is 10.6. The minimum Gasteiger partial charge on any atom is -0.493 e. The van der Waals surface area contributed by atoms with Crippen molar-refractivity contribution in [2.45, 2.75) is 6.42 Å². The molecule has 1 aromatic rings. The second-order valence-corrected chi connectivity index (χ2v) is 3.36. The Morgan fingerprint density at radius 2 is 2.43 bits per heavy atom. The number of hydrogen-bond acceptors (Lipinski definition) is 3. The molecule has 3 heteroatoms. The van der Waals surface area contributed by atoms with Crippen LogP contribution in [0.1, 0.15) is 5.56 Å². The summed E-state index contributed by atoms with van der Waals surface area (Å²) in [7, 11) is 1.62. The first-order valence-electron chi connectivity index (χ1n) is 4.59. The van der Waals surface area contributed by atoms with Gasteiger partial charge in [-0.15, -0.1) is 0 Å². The number of carbonyl (C=O) groups is 1. The van der Waals surface area contributed by atoms with E-state index in [0.717, 1.165) is 29.8 Å². The van der Waals surface area contributed by atoms with Crippen molar-refractivity contribution in [3.05, 3.63) is 23.8 Å². The predicted molar refractivity (Wildman–Crippen MR) is 51.7 cm³/mol. The van der Waals surface area contributed by atoms with Crippen molar-refractivity contribution in [2.75, 3.05) is 13.7 Å². The van der Waals surface area contributed by atoms with E-state index in [-0.39, 0.29) is 5.92 Å². The van der Waals surface area contributed by atoms with Gasteiger partial charge in [0.25, 0.3) is 0 Å². The van der Waals surface area contributed by atoms with Crippen LogP contribution < -0.4 is 9.47 Å². The Morgan fingerprint density at radius 3 is 3.14 bits per heavy atom. The molecule has 0 radical (unpaired) electrons. The topological polar surface area (TPSA) is 35.5 Å². The Bertz CT molecular complexity index is 346. The molecule has 0 unspecified atom stereocenters. The van der Waals surface area contributed by atoms with Gasteiger partial charge in [0.05, 0.1) is 19.6 Å². The zero-order chi connectivity index (χ0) is 9.97. The third-order valence-corrected chi connectivity index (χ3v) is 2.40. The molecule has 0 aliphatic carbocycles. The van der Waals surface area contributed by atoms with E-state index >= 15 is 0 Å². The van der Waals surface area contributed by atoms with Crippen molar-refractivity contribution in [2.24, 2.45) is 5.92 Å². The molecule has 0 spiro atoms. The van der Waals surface area contributed by atoms with Crippen LogP contribution in [0.2, 0.25) is 0 Å². The number of rotatable bonds is 2. The quantitative estimate of drug-likeness (QED) is 0.665. The summed E-state index contributed by atoms with van der Waals surface area (Å²) in [6.45, 7) is 0.455. The van der Waals surface area contributed by atoms with Crippen LogP contribution in [0.4, 0.5) is 0 Å². The molecule has 1 heterocycles. The summed E-state index contributed by atoms with van der Waals surface area (Å²) >= 11 is 0. The number of benzene rings is 1. The highest BCUT2D eigenvalue weighted by atomic mass is 16.5. The molecule has 0 saturated heterocycles. The van der Waals surface area contributed by atoms with Crippen molar-refractivity contribution in [3.63, 3.8) is 0 Å². The summed E-state index contributed by atoms with van der Waals surface area (Å²) in [4.78, 5) is 10.6. The average molecular weight is 192 g/mol. The van der Waals surface area contributed by atoms with Gasteiger partial charge < -0.3 is 14.3 Å². The van der Waals surface area contributed by atoms with Gasteiger partial charge >= 0.3 is 0 Å².